The van der Waals surface area contributed by atoms with Crippen molar-refractivity contribution in [2.75, 3.05) is 11.1 Å². The Hall–Kier alpha value is -2.10. The van der Waals surface area contributed by atoms with Gasteiger partial charge in [-0.3, -0.25) is 4.79 Å². The topological polar surface area (TPSA) is 72.7 Å². The van der Waals surface area contributed by atoms with E-state index < -0.39 is 11.7 Å². The number of rotatable bonds is 5. The van der Waals surface area contributed by atoms with Crippen LogP contribution in [0.2, 0.25) is 0 Å². The fourth-order valence-electron chi connectivity index (χ4n) is 1.90. The molecule has 0 atom stereocenters. The van der Waals surface area contributed by atoms with Gasteiger partial charge in [-0.25, -0.2) is 4.68 Å². The average molecular weight is 343 g/mol. The van der Waals surface area contributed by atoms with E-state index in [9.17, 15) is 18.0 Å². The summed E-state index contributed by atoms with van der Waals surface area (Å²) < 4.78 is 39.1. The van der Waals surface area contributed by atoms with Crippen molar-refractivity contribution in [2.24, 2.45) is 0 Å². The molecule has 10 heteroatoms. The summed E-state index contributed by atoms with van der Waals surface area (Å²) >= 11 is 1.19. The first-order valence-corrected chi connectivity index (χ1v) is 7.80. The third-order valence-corrected chi connectivity index (χ3v) is 4.12. The lowest BCUT2D eigenvalue weighted by atomic mass is 10.2. The summed E-state index contributed by atoms with van der Waals surface area (Å²) in [6, 6.07) is 4.61. The molecule has 2 aromatic rings. The van der Waals surface area contributed by atoms with Gasteiger partial charge in [-0.05, 0) is 47.5 Å². The Morgan fingerprint density at radius 2 is 2.00 bits per heavy atom. The van der Waals surface area contributed by atoms with E-state index in [-0.39, 0.29) is 11.7 Å². The van der Waals surface area contributed by atoms with Crippen molar-refractivity contribution in [1.82, 2.24) is 20.2 Å². The molecule has 0 aliphatic heterocycles. The molecule has 0 unspecified atom stereocenters. The third kappa shape index (κ3) is 4.01. The molecule has 122 valence electrons. The summed E-state index contributed by atoms with van der Waals surface area (Å²) in [6.45, 7) is 0. The normalized spacial score (nSPS) is 14.7. The lowest BCUT2D eigenvalue weighted by Gasteiger charge is -2.08. The second-order valence-corrected chi connectivity index (χ2v) is 5.99. The number of nitrogens with one attached hydrogen (secondary N) is 1. The van der Waals surface area contributed by atoms with Crippen molar-refractivity contribution >= 4 is 23.4 Å². The molecule has 1 heterocycles. The van der Waals surface area contributed by atoms with E-state index in [4.69, 9.17) is 0 Å². The maximum Gasteiger partial charge on any atom is 0.416 e. The molecule has 0 bridgehead atoms. The maximum absolute atomic E-state index is 12.5. The highest BCUT2D eigenvalue weighted by atomic mass is 32.2. The average Bonchev–Trinajstić information content (AvgIpc) is 3.23. The molecule has 3 rings (SSSR count). The van der Waals surface area contributed by atoms with Crippen LogP contribution >= 0.6 is 11.8 Å². The standard InChI is InChI=1S/C13H12F3N5OS/c14-13(15,16)8-1-3-9(4-2-8)17-11(22)7-23-12-18-19-20-21(12)10-5-6-10/h1-4,10H,5-7H2,(H,17,22). The molecule has 1 aliphatic carbocycles. The summed E-state index contributed by atoms with van der Waals surface area (Å²) in [5.74, 6) is -0.256. The van der Waals surface area contributed by atoms with Gasteiger partial charge in [0.15, 0.2) is 0 Å². The third-order valence-electron chi connectivity index (χ3n) is 3.18. The summed E-state index contributed by atoms with van der Waals surface area (Å²) in [4.78, 5) is 11.9. The molecule has 1 saturated carbocycles. The first kappa shape index (κ1) is 15.8. The van der Waals surface area contributed by atoms with Crippen LogP contribution in [0.15, 0.2) is 29.4 Å². The highest BCUT2D eigenvalue weighted by molar-refractivity contribution is 7.99. The number of carbonyl (C=O) groups is 1. The van der Waals surface area contributed by atoms with Crippen molar-refractivity contribution in [2.45, 2.75) is 30.2 Å². The molecule has 6 nitrogen and oxygen atoms in total. The number of aromatic nitrogens is 4. The lowest BCUT2D eigenvalue weighted by molar-refractivity contribution is -0.137. The first-order valence-electron chi connectivity index (χ1n) is 6.81. The maximum atomic E-state index is 12.5. The number of hydrogen-bond acceptors (Lipinski definition) is 5. The van der Waals surface area contributed by atoms with Crippen LogP contribution in [0, 0.1) is 0 Å². The number of carbonyl (C=O) groups excluding carboxylic acids is 1. The van der Waals surface area contributed by atoms with Crippen molar-refractivity contribution in [3.63, 3.8) is 0 Å². The van der Waals surface area contributed by atoms with E-state index in [1.807, 2.05) is 0 Å². The smallest absolute Gasteiger partial charge is 0.325 e. The van der Waals surface area contributed by atoms with Crippen LogP contribution in [0.4, 0.5) is 18.9 Å². The molecule has 1 aromatic heterocycles. The zero-order valence-electron chi connectivity index (χ0n) is 11.7. The number of thioether (sulfide) groups is 1. The van der Waals surface area contributed by atoms with Crippen LogP contribution in [0.3, 0.4) is 0 Å². The minimum atomic E-state index is -4.39. The van der Waals surface area contributed by atoms with Crippen molar-refractivity contribution < 1.29 is 18.0 Å². The molecule has 0 saturated heterocycles. The Morgan fingerprint density at radius 1 is 1.30 bits per heavy atom. The number of nitrogens with zero attached hydrogens (tertiary/aromatic N) is 4. The number of tetrazole rings is 1. The van der Waals surface area contributed by atoms with Crippen LogP contribution in [0.1, 0.15) is 24.4 Å². The fraction of sp³-hybridized carbons (Fsp3) is 0.385. The SMILES string of the molecule is O=C(CSc1nnnn1C1CC1)Nc1ccc(C(F)(F)F)cc1. The van der Waals surface area contributed by atoms with Crippen LogP contribution in [0.25, 0.3) is 0 Å². The van der Waals surface area contributed by atoms with Gasteiger partial charge >= 0.3 is 6.18 Å². The predicted octanol–water partition coefficient (Wildman–Crippen LogP) is 2.76. The van der Waals surface area contributed by atoms with E-state index >= 15 is 0 Å². The molecule has 1 N–H and O–H groups in total. The molecule has 1 aromatic carbocycles. The summed E-state index contributed by atoms with van der Waals surface area (Å²) in [6.07, 6.45) is -2.34. The van der Waals surface area contributed by atoms with Gasteiger partial charge in [0.2, 0.25) is 11.1 Å². The quantitative estimate of drug-likeness (QED) is 0.845. The van der Waals surface area contributed by atoms with Gasteiger partial charge < -0.3 is 5.32 Å². The largest absolute Gasteiger partial charge is 0.416 e. The van der Waals surface area contributed by atoms with Gasteiger partial charge in [-0.1, -0.05) is 11.8 Å². The minimum Gasteiger partial charge on any atom is -0.325 e. The molecule has 0 radical (unpaired) electrons. The van der Waals surface area contributed by atoms with Crippen LogP contribution in [-0.2, 0) is 11.0 Å². The zero-order valence-corrected chi connectivity index (χ0v) is 12.6. The minimum absolute atomic E-state index is 0.0775. The summed E-state index contributed by atoms with van der Waals surface area (Å²) in [5.41, 5.74) is -0.445. The van der Waals surface area contributed by atoms with E-state index in [2.05, 4.69) is 20.8 Å². The van der Waals surface area contributed by atoms with Gasteiger partial charge in [0.25, 0.3) is 0 Å². The van der Waals surface area contributed by atoms with Gasteiger partial charge in [0.05, 0.1) is 17.4 Å². The highest BCUT2D eigenvalue weighted by Gasteiger charge is 2.30. The van der Waals surface area contributed by atoms with Gasteiger partial charge in [0.1, 0.15) is 0 Å². The monoisotopic (exact) mass is 343 g/mol. The van der Waals surface area contributed by atoms with E-state index in [1.165, 1.54) is 23.9 Å². The second-order valence-electron chi connectivity index (χ2n) is 5.05. The summed E-state index contributed by atoms with van der Waals surface area (Å²) in [5, 5.41) is 14.4. The van der Waals surface area contributed by atoms with Crippen LogP contribution < -0.4 is 5.32 Å². The Morgan fingerprint density at radius 3 is 2.61 bits per heavy atom. The molecule has 1 fully saturated rings. The fourth-order valence-corrected chi connectivity index (χ4v) is 2.64. The highest BCUT2D eigenvalue weighted by Crippen LogP contribution is 2.36. The van der Waals surface area contributed by atoms with Gasteiger partial charge in [0, 0.05) is 5.69 Å². The number of anilines is 1. The lowest BCUT2D eigenvalue weighted by Crippen LogP contribution is -2.15. The number of alkyl halides is 3. The second kappa shape index (κ2) is 6.19. The van der Waals surface area contributed by atoms with Crippen LogP contribution in [-0.4, -0.2) is 31.9 Å². The molecule has 23 heavy (non-hydrogen) atoms. The van der Waals surface area contributed by atoms with Crippen molar-refractivity contribution in [3.05, 3.63) is 29.8 Å². The Kier molecular flexibility index (Phi) is 4.24. The molecular formula is C13H12F3N5OS. The van der Waals surface area contributed by atoms with Crippen molar-refractivity contribution in [3.8, 4) is 0 Å². The Labute approximate surface area is 133 Å². The number of hydrogen-bond donors (Lipinski definition) is 1. The van der Waals surface area contributed by atoms with E-state index in [0.29, 0.717) is 16.9 Å². The summed E-state index contributed by atoms with van der Waals surface area (Å²) in [7, 11) is 0. The molecule has 1 amide bonds. The predicted molar refractivity (Wildman–Crippen MR) is 76.9 cm³/mol. The Bertz CT molecular complexity index is 696. The van der Waals surface area contributed by atoms with E-state index in [1.54, 1.807) is 4.68 Å². The number of amides is 1. The molecule has 1 aliphatic rings. The zero-order chi connectivity index (χ0) is 16.4. The van der Waals surface area contributed by atoms with Crippen molar-refractivity contribution in [1.29, 1.82) is 0 Å². The van der Waals surface area contributed by atoms with Gasteiger partial charge in [-0.15, -0.1) is 5.10 Å². The molecular weight excluding hydrogens is 331 g/mol. The number of benzene rings is 1. The number of halogens is 3. The first-order chi connectivity index (χ1) is 10.9. The van der Waals surface area contributed by atoms with E-state index in [0.717, 1.165) is 25.0 Å². The molecule has 0 spiro atoms. The Balaban J connectivity index is 1.54. The van der Waals surface area contributed by atoms with Crippen LogP contribution in [0.5, 0.6) is 0 Å². The van der Waals surface area contributed by atoms with Gasteiger partial charge in [-0.2, -0.15) is 13.2 Å².